The molecule has 0 bridgehead atoms. The summed E-state index contributed by atoms with van der Waals surface area (Å²) in [5.41, 5.74) is 8.40. The van der Waals surface area contributed by atoms with Crippen LogP contribution in [-0.2, 0) is 0 Å². The second kappa shape index (κ2) is 15.2. The fourth-order valence-electron chi connectivity index (χ4n) is 11.2. The van der Waals surface area contributed by atoms with Crippen LogP contribution in [0.5, 0.6) is 0 Å². The predicted octanol–water partition coefficient (Wildman–Crippen LogP) is 17.8. The maximum Gasteiger partial charge on any atom is 0.164 e. The van der Waals surface area contributed by atoms with E-state index < -0.39 is 0 Å². The van der Waals surface area contributed by atoms with Gasteiger partial charge in [0.2, 0.25) is 0 Å². The van der Waals surface area contributed by atoms with Crippen molar-refractivity contribution in [2.24, 2.45) is 0 Å². The lowest BCUT2D eigenvalue weighted by molar-refractivity contribution is 1.08. The van der Waals surface area contributed by atoms with E-state index in [1.165, 1.54) is 74.0 Å². The third kappa shape index (κ3) is 5.92. The highest BCUT2D eigenvalue weighted by Gasteiger charge is 2.23. The van der Waals surface area contributed by atoms with Gasteiger partial charge < -0.3 is 4.57 Å². The summed E-state index contributed by atoms with van der Waals surface area (Å²) in [4.78, 5) is 16.6. The fraction of sp³-hybridized carbons (Fsp3) is 0. The van der Waals surface area contributed by atoms with Crippen LogP contribution < -0.4 is 0 Å². The van der Waals surface area contributed by atoms with Crippen LogP contribution >= 0.6 is 11.3 Å². The van der Waals surface area contributed by atoms with Crippen LogP contribution in [0.25, 0.3) is 147 Å². The first-order valence-corrected chi connectivity index (χ1v) is 24.6. The second-order valence-electron chi connectivity index (χ2n) is 18.3. The molecule has 0 spiro atoms. The summed E-state index contributed by atoms with van der Waals surface area (Å²) < 4.78 is 4.92. The Labute approximate surface area is 406 Å². The molecule has 0 aliphatic heterocycles. The predicted molar refractivity (Wildman–Crippen MR) is 296 cm³/mol. The molecule has 0 radical (unpaired) electrons. The van der Waals surface area contributed by atoms with Crippen molar-refractivity contribution in [2.45, 2.75) is 0 Å². The molecule has 0 N–H and O–H groups in total. The van der Waals surface area contributed by atoms with Gasteiger partial charge in [0, 0.05) is 64.3 Å². The van der Waals surface area contributed by atoms with Gasteiger partial charge in [0.1, 0.15) is 0 Å². The summed E-state index contributed by atoms with van der Waals surface area (Å²) in [6, 6.07) is 83.5. The summed E-state index contributed by atoms with van der Waals surface area (Å²) in [7, 11) is 0. The zero-order valence-electron chi connectivity index (χ0n) is 37.6. The number of para-hydroxylation sites is 1. The molecule has 0 unspecified atom stereocenters. The van der Waals surface area contributed by atoms with Crippen molar-refractivity contribution < 1.29 is 0 Å². The molecule has 0 amide bonds. The Bertz CT molecular complexity index is 4630. The van der Waals surface area contributed by atoms with Crippen LogP contribution in [0.2, 0.25) is 0 Å². The smallest absolute Gasteiger partial charge is 0.164 e. The Morgan fingerprint density at radius 3 is 1.63 bits per heavy atom. The molecule has 0 saturated carbocycles. The van der Waals surface area contributed by atoms with Gasteiger partial charge in [-0.25, -0.2) is 15.0 Å². The molecule has 0 fully saturated rings. The van der Waals surface area contributed by atoms with Gasteiger partial charge in [-0.15, -0.1) is 11.3 Å². The monoisotopic (exact) mass is 906 g/mol. The highest BCUT2D eigenvalue weighted by molar-refractivity contribution is 7.26. The van der Waals surface area contributed by atoms with Crippen molar-refractivity contribution in [2.75, 3.05) is 0 Å². The Morgan fingerprint density at radius 1 is 0.300 bits per heavy atom. The van der Waals surface area contributed by atoms with Crippen molar-refractivity contribution in [3.05, 3.63) is 231 Å². The zero-order chi connectivity index (χ0) is 45.9. The summed E-state index contributed by atoms with van der Waals surface area (Å²) in [5.74, 6) is 1.86. The number of nitrogens with zero attached hydrogens (tertiary/aromatic N) is 4. The first kappa shape index (κ1) is 39.0. The first-order chi connectivity index (χ1) is 34.7. The molecule has 15 rings (SSSR count). The van der Waals surface area contributed by atoms with E-state index in [0.717, 1.165) is 55.3 Å². The van der Waals surface area contributed by atoms with Crippen LogP contribution in [0.4, 0.5) is 0 Å². The zero-order valence-corrected chi connectivity index (χ0v) is 38.5. The highest BCUT2D eigenvalue weighted by Crippen LogP contribution is 2.46. The summed E-state index contributed by atoms with van der Waals surface area (Å²) in [6.45, 7) is 0. The molecule has 0 aliphatic rings. The van der Waals surface area contributed by atoms with E-state index in [0.29, 0.717) is 17.5 Å². The number of hydrogen-bond donors (Lipinski definition) is 0. The van der Waals surface area contributed by atoms with Gasteiger partial charge in [-0.3, -0.25) is 0 Å². The molecular formula is C65H38N4S. The van der Waals surface area contributed by atoms with Crippen molar-refractivity contribution in [1.29, 1.82) is 0 Å². The number of hydrogen-bond acceptors (Lipinski definition) is 4. The van der Waals surface area contributed by atoms with Crippen LogP contribution in [0, 0.1) is 0 Å². The van der Waals surface area contributed by atoms with E-state index in [9.17, 15) is 0 Å². The average molecular weight is 907 g/mol. The molecule has 3 aromatic heterocycles. The van der Waals surface area contributed by atoms with Gasteiger partial charge in [0.15, 0.2) is 17.5 Å². The Kier molecular flexibility index (Phi) is 8.49. The molecule has 15 aromatic rings. The van der Waals surface area contributed by atoms with Crippen molar-refractivity contribution in [3.63, 3.8) is 0 Å². The lowest BCUT2D eigenvalue weighted by atomic mass is 9.91. The number of fused-ring (bicyclic) bond motifs is 14. The number of aromatic nitrogens is 4. The molecule has 5 heteroatoms. The van der Waals surface area contributed by atoms with Crippen molar-refractivity contribution in [3.8, 4) is 51.0 Å². The maximum absolute atomic E-state index is 5.61. The highest BCUT2D eigenvalue weighted by atomic mass is 32.1. The maximum atomic E-state index is 5.61. The van der Waals surface area contributed by atoms with Gasteiger partial charge in [0.05, 0.1) is 11.0 Å². The normalized spacial score (nSPS) is 12.0. The summed E-state index contributed by atoms with van der Waals surface area (Å²) >= 11 is 1.84. The van der Waals surface area contributed by atoms with E-state index in [-0.39, 0.29) is 0 Å². The van der Waals surface area contributed by atoms with Gasteiger partial charge in [-0.2, -0.15) is 0 Å². The Balaban J connectivity index is 1.05. The van der Waals surface area contributed by atoms with E-state index in [1.807, 2.05) is 11.3 Å². The van der Waals surface area contributed by atoms with Crippen molar-refractivity contribution in [1.82, 2.24) is 19.5 Å². The quantitative estimate of drug-likeness (QED) is 0.162. The van der Waals surface area contributed by atoms with E-state index in [1.54, 1.807) is 0 Å². The van der Waals surface area contributed by atoms with Gasteiger partial charge in [-0.05, 0) is 103 Å². The molecule has 0 saturated heterocycles. The number of rotatable bonds is 5. The minimum atomic E-state index is 0.614. The lowest BCUT2D eigenvalue weighted by Gasteiger charge is -2.17. The van der Waals surface area contributed by atoms with Crippen molar-refractivity contribution >= 4 is 107 Å². The Hall–Kier alpha value is -9.03. The summed E-state index contributed by atoms with van der Waals surface area (Å²) in [6.07, 6.45) is 0. The second-order valence-corrected chi connectivity index (χ2v) is 19.3. The minimum Gasteiger partial charge on any atom is -0.309 e. The number of benzene rings is 12. The molecular weight excluding hydrogens is 869 g/mol. The van der Waals surface area contributed by atoms with Crippen LogP contribution in [0.15, 0.2) is 231 Å². The molecule has 0 atom stereocenters. The standard InChI is InChI=1S/C65H38N4S/c1-2-16-40-35-43(32-31-39(40)15-1)63-66-64(68-65(67-63)55-28-13-25-51-47-20-6-5-19-45(47)46-21-7-8-24-50(46)61(51)55)54-34-33-44(38-56(54)53-27-14-26-52-49-23-10-12-30-60(49)70-62(52)53)69-58-29-11-9-22-48(58)57-36-41-17-3-4-18-42(41)37-59(57)69/h1-38H. The minimum absolute atomic E-state index is 0.614. The topological polar surface area (TPSA) is 43.6 Å². The van der Waals surface area contributed by atoms with E-state index in [2.05, 4.69) is 235 Å². The first-order valence-electron chi connectivity index (χ1n) is 23.8. The van der Waals surface area contributed by atoms with Gasteiger partial charge in [-0.1, -0.05) is 182 Å². The van der Waals surface area contributed by atoms with E-state index >= 15 is 0 Å². The van der Waals surface area contributed by atoms with E-state index in [4.69, 9.17) is 15.0 Å². The van der Waals surface area contributed by atoms with Gasteiger partial charge >= 0.3 is 0 Å². The van der Waals surface area contributed by atoms with Gasteiger partial charge in [0.25, 0.3) is 0 Å². The third-order valence-corrected chi connectivity index (χ3v) is 15.6. The lowest BCUT2D eigenvalue weighted by Crippen LogP contribution is -2.03. The fourth-order valence-corrected chi connectivity index (χ4v) is 12.4. The largest absolute Gasteiger partial charge is 0.309 e. The molecule has 0 aliphatic carbocycles. The molecule has 70 heavy (non-hydrogen) atoms. The van der Waals surface area contributed by atoms with Crippen LogP contribution in [-0.4, -0.2) is 19.5 Å². The molecule has 3 heterocycles. The number of thiophene rings is 1. The summed E-state index contributed by atoms with van der Waals surface area (Å²) in [5, 5.41) is 16.8. The SMILES string of the molecule is c1ccc2cc(-c3nc(-c4ccc(-n5c6ccccc6c6cc7ccccc7cc65)cc4-c4cccc5c4sc4ccccc45)nc(-c4cccc5c6ccccc6c6ccccc6c45)n3)ccc2c1. The third-order valence-electron chi connectivity index (χ3n) is 14.4. The van der Waals surface area contributed by atoms with Crippen LogP contribution in [0.1, 0.15) is 0 Å². The molecule has 4 nitrogen and oxygen atoms in total. The molecule has 324 valence electrons. The molecule has 12 aromatic carbocycles. The Morgan fingerprint density at radius 2 is 0.857 bits per heavy atom. The average Bonchev–Trinajstić information content (AvgIpc) is 3.97. The van der Waals surface area contributed by atoms with Crippen LogP contribution in [0.3, 0.4) is 0 Å².